The fourth-order valence-electron chi connectivity index (χ4n) is 3.46. The second-order valence-corrected chi connectivity index (χ2v) is 5.96. The number of piperidine rings is 1. The minimum absolute atomic E-state index is 0.0335. The van der Waals surface area contributed by atoms with Crippen molar-refractivity contribution in [3.05, 3.63) is 23.8 Å². The highest BCUT2D eigenvalue weighted by atomic mass is 16.1. The van der Waals surface area contributed by atoms with Crippen LogP contribution in [0.1, 0.15) is 36.5 Å². The normalized spacial score (nSPS) is 23.4. The van der Waals surface area contributed by atoms with E-state index in [1.807, 2.05) is 18.2 Å². The lowest BCUT2D eigenvalue weighted by Crippen LogP contribution is -2.54. The number of Topliss-reactive ketones (excluding diaryl/α,β-unsaturated/α-hetero) is 1. The molecule has 3 rings (SSSR count). The highest BCUT2D eigenvalue weighted by Crippen LogP contribution is 2.27. The van der Waals surface area contributed by atoms with Crippen molar-refractivity contribution in [3.63, 3.8) is 0 Å². The molecule has 108 valence electrons. The van der Waals surface area contributed by atoms with Gasteiger partial charge in [-0.15, -0.1) is 0 Å². The first kappa shape index (κ1) is 13.4. The summed E-state index contributed by atoms with van der Waals surface area (Å²) in [6, 6.07) is 6.53. The molecule has 0 radical (unpaired) electrons. The predicted octanol–water partition coefficient (Wildman–Crippen LogP) is 2.15. The summed E-state index contributed by atoms with van der Waals surface area (Å²) in [5.74, 6) is 0.0335. The predicted molar refractivity (Wildman–Crippen MR) is 82.3 cm³/mol. The Labute approximate surface area is 120 Å². The Morgan fingerprint density at radius 2 is 2.10 bits per heavy atom. The molecule has 4 nitrogen and oxygen atoms in total. The third kappa shape index (κ3) is 2.52. The minimum Gasteiger partial charge on any atom is -0.398 e. The fourth-order valence-corrected chi connectivity index (χ4v) is 3.46. The molecule has 0 aromatic heterocycles. The van der Waals surface area contributed by atoms with Crippen LogP contribution in [-0.4, -0.2) is 42.9 Å². The van der Waals surface area contributed by atoms with E-state index in [-0.39, 0.29) is 5.78 Å². The van der Waals surface area contributed by atoms with E-state index in [0.29, 0.717) is 17.3 Å². The van der Waals surface area contributed by atoms with Crippen LogP contribution in [0.5, 0.6) is 0 Å². The quantitative estimate of drug-likeness (QED) is 0.662. The monoisotopic (exact) mass is 273 g/mol. The van der Waals surface area contributed by atoms with Crippen LogP contribution in [0.15, 0.2) is 18.2 Å². The number of fused-ring (bicyclic) bond motifs is 1. The molecule has 2 aliphatic heterocycles. The summed E-state index contributed by atoms with van der Waals surface area (Å²) >= 11 is 0. The molecule has 2 N–H and O–H groups in total. The molecular formula is C16H23N3O. The van der Waals surface area contributed by atoms with E-state index < -0.39 is 0 Å². The van der Waals surface area contributed by atoms with Crippen molar-refractivity contribution in [2.75, 3.05) is 36.8 Å². The lowest BCUT2D eigenvalue weighted by atomic mass is 9.99. The summed E-state index contributed by atoms with van der Waals surface area (Å²) in [7, 11) is 0. The number of anilines is 2. The first-order valence-corrected chi connectivity index (χ1v) is 7.54. The van der Waals surface area contributed by atoms with Gasteiger partial charge in [0.2, 0.25) is 0 Å². The zero-order chi connectivity index (χ0) is 14.1. The number of hydrogen-bond donors (Lipinski definition) is 1. The Morgan fingerprint density at radius 1 is 1.25 bits per heavy atom. The molecule has 4 heteroatoms. The van der Waals surface area contributed by atoms with Crippen LogP contribution in [0, 0.1) is 0 Å². The van der Waals surface area contributed by atoms with Gasteiger partial charge in [-0.2, -0.15) is 0 Å². The van der Waals surface area contributed by atoms with E-state index >= 15 is 0 Å². The topological polar surface area (TPSA) is 49.6 Å². The number of rotatable bonds is 2. The molecule has 0 amide bonds. The van der Waals surface area contributed by atoms with Gasteiger partial charge in [0.15, 0.2) is 5.78 Å². The summed E-state index contributed by atoms with van der Waals surface area (Å²) in [6.45, 7) is 6.09. The van der Waals surface area contributed by atoms with E-state index in [1.165, 1.54) is 25.8 Å². The number of nitrogens with zero attached hydrogens (tertiary/aromatic N) is 2. The Hall–Kier alpha value is -1.55. The SMILES string of the molecule is CC(=O)c1ccc(N2CCN3CCCCC3C2)cc1N. The zero-order valence-electron chi connectivity index (χ0n) is 12.1. The van der Waals surface area contributed by atoms with Gasteiger partial charge in [0, 0.05) is 42.6 Å². The maximum absolute atomic E-state index is 11.4. The highest BCUT2D eigenvalue weighted by Gasteiger charge is 2.29. The van der Waals surface area contributed by atoms with E-state index in [1.54, 1.807) is 6.92 Å². The molecule has 0 spiro atoms. The number of benzene rings is 1. The van der Waals surface area contributed by atoms with Crippen LogP contribution >= 0.6 is 0 Å². The van der Waals surface area contributed by atoms with Crippen molar-refractivity contribution in [1.29, 1.82) is 0 Å². The number of nitrogen functional groups attached to an aromatic ring is 1. The largest absolute Gasteiger partial charge is 0.398 e. The Morgan fingerprint density at radius 3 is 2.85 bits per heavy atom. The van der Waals surface area contributed by atoms with Crippen molar-refractivity contribution in [3.8, 4) is 0 Å². The second-order valence-electron chi connectivity index (χ2n) is 5.96. The smallest absolute Gasteiger partial charge is 0.161 e. The average Bonchev–Trinajstić information content (AvgIpc) is 2.46. The molecule has 0 bridgehead atoms. The number of piperazine rings is 1. The van der Waals surface area contributed by atoms with Gasteiger partial charge in [0.1, 0.15) is 0 Å². The van der Waals surface area contributed by atoms with E-state index in [9.17, 15) is 4.79 Å². The third-order valence-corrected chi connectivity index (χ3v) is 4.62. The first-order chi connectivity index (χ1) is 9.65. The van der Waals surface area contributed by atoms with Crippen LogP contribution in [0.4, 0.5) is 11.4 Å². The number of nitrogens with two attached hydrogens (primary N) is 1. The molecular weight excluding hydrogens is 250 g/mol. The highest BCUT2D eigenvalue weighted by molar-refractivity contribution is 5.99. The van der Waals surface area contributed by atoms with Gasteiger partial charge in [-0.3, -0.25) is 9.69 Å². The van der Waals surface area contributed by atoms with E-state index in [0.717, 1.165) is 25.3 Å². The third-order valence-electron chi connectivity index (χ3n) is 4.62. The van der Waals surface area contributed by atoms with Gasteiger partial charge >= 0.3 is 0 Å². The summed E-state index contributed by atoms with van der Waals surface area (Å²) in [5, 5.41) is 0. The summed E-state index contributed by atoms with van der Waals surface area (Å²) in [6.07, 6.45) is 3.99. The number of carbonyl (C=O) groups is 1. The Bertz CT molecular complexity index is 514. The van der Waals surface area contributed by atoms with Crippen molar-refractivity contribution >= 4 is 17.2 Å². The number of ketones is 1. The maximum Gasteiger partial charge on any atom is 0.161 e. The molecule has 2 saturated heterocycles. The van der Waals surface area contributed by atoms with Gasteiger partial charge in [0.05, 0.1) is 0 Å². The fraction of sp³-hybridized carbons (Fsp3) is 0.562. The lowest BCUT2D eigenvalue weighted by Gasteiger charge is -2.45. The van der Waals surface area contributed by atoms with Gasteiger partial charge in [-0.1, -0.05) is 6.42 Å². The average molecular weight is 273 g/mol. The standard InChI is InChI=1S/C16H23N3O/c1-12(20)15-6-5-13(10-16(15)17)19-9-8-18-7-3-2-4-14(18)11-19/h5-6,10,14H,2-4,7-9,11,17H2,1H3. The second kappa shape index (κ2) is 5.44. The van der Waals surface area contributed by atoms with Gasteiger partial charge in [-0.05, 0) is 44.5 Å². The Balaban J connectivity index is 1.76. The van der Waals surface area contributed by atoms with Gasteiger partial charge < -0.3 is 10.6 Å². The Kier molecular flexibility index (Phi) is 3.66. The maximum atomic E-state index is 11.4. The molecule has 2 heterocycles. The van der Waals surface area contributed by atoms with Crippen LogP contribution in [0.25, 0.3) is 0 Å². The van der Waals surface area contributed by atoms with Crippen LogP contribution in [0.3, 0.4) is 0 Å². The van der Waals surface area contributed by atoms with Gasteiger partial charge in [0.25, 0.3) is 0 Å². The molecule has 0 saturated carbocycles. The summed E-state index contributed by atoms with van der Waals surface area (Å²) in [4.78, 5) is 16.5. The molecule has 1 atom stereocenters. The van der Waals surface area contributed by atoms with Crippen LogP contribution in [-0.2, 0) is 0 Å². The van der Waals surface area contributed by atoms with Gasteiger partial charge in [-0.25, -0.2) is 0 Å². The van der Waals surface area contributed by atoms with Crippen molar-refractivity contribution in [2.24, 2.45) is 0 Å². The first-order valence-electron chi connectivity index (χ1n) is 7.54. The lowest BCUT2D eigenvalue weighted by molar-refractivity contribution is 0.101. The summed E-state index contributed by atoms with van der Waals surface area (Å²) < 4.78 is 0. The minimum atomic E-state index is 0.0335. The molecule has 20 heavy (non-hydrogen) atoms. The molecule has 2 fully saturated rings. The van der Waals surface area contributed by atoms with E-state index in [2.05, 4.69) is 9.80 Å². The van der Waals surface area contributed by atoms with Crippen LogP contribution < -0.4 is 10.6 Å². The molecule has 1 aromatic rings. The van der Waals surface area contributed by atoms with E-state index in [4.69, 9.17) is 5.73 Å². The molecule has 1 aromatic carbocycles. The number of carbonyl (C=O) groups excluding carboxylic acids is 1. The molecule has 1 unspecified atom stereocenters. The van der Waals surface area contributed by atoms with Crippen molar-refractivity contribution in [1.82, 2.24) is 4.90 Å². The summed E-state index contributed by atoms with van der Waals surface area (Å²) in [5.41, 5.74) is 8.38. The van der Waals surface area contributed by atoms with Crippen molar-refractivity contribution in [2.45, 2.75) is 32.2 Å². The molecule has 2 aliphatic rings. The zero-order valence-corrected chi connectivity index (χ0v) is 12.1. The van der Waals surface area contributed by atoms with Crippen molar-refractivity contribution < 1.29 is 4.79 Å². The molecule has 0 aliphatic carbocycles. The van der Waals surface area contributed by atoms with Crippen LogP contribution in [0.2, 0.25) is 0 Å². The number of hydrogen-bond acceptors (Lipinski definition) is 4.